The molecule has 3 atom stereocenters. The van der Waals surface area contributed by atoms with E-state index in [0.717, 1.165) is 30.4 Å². The van der Waals surface area contributed by atoms with E-state index in [1.165, 1.54) is 4.31 Å². The second kappa shape index (κ2) is 10.8. The van der Waals surface area contributed by atoms with Crippen LogP contribution in [0.4, 0.5) is 0 Å². The third-order valence-corrected chi connectivity index (χ3v) is 9.37. The van der Waals surface area contributed by atoms with Crippen molar-refractivity contribution in [1.29, 1.82) is 0 Å². The molecule has 1 amide bonds. The summed E-state index contributed by atoms with van der Waals surface area (Å²) in [6.45, 7) is 3.85. The molecule has 2 aromatic carbocycles. The van der Waals surface area contributed by atoms with E-state index in [4.69, 9.17) is 9.47 Å². The van der Waals surface area contributed by atoms with Crippen molar-refractivity contribution in [1.82, 2.24) is 9.21 Å². The van der Waals surface area contributed by atoms with Gasteiger partial charge in [-0.05, 0) is 55.2 Å². The van der Waals surface area contributed by atoms with E-state index in [9.17, 15) is 18.3 Å². The maximum absolute atomic E-state index is 13.7. The normalized spacial score (nSPS) is 22.8. The first kappa shape index (κ1) is 26.4. The van der Waals surface area contributed by atoms with Crippen molar-refractivity contribution in [2.45, 2.75) is 50.2 Å². The van der Waals surface area contributed by atoms with Crippen LogP contribution >= 0.6 is 0 Å². The molecule has 0 radical (unpaired) electrons. The number of aliphatic hydroxyl groups excluding tert-OH is 1. The zero-order valence-electron chi connectivity index (χ0n) is 21.4. The van der Waals surface area contributed by atoms with Gasteiger partial charge in [0.05, 0.1) is 20.3 Å². The fraction of sp³-hybridized carbons (Fsp3) is 0.519. The summed E-state index contributed by atoms with van der Waals surface area (Å²) < 4.78 is 40.5. The molecule has 0 unspecified atom stereocenters. The molecule has 2 aliphatic rings. The van der Waals surface area contributed by atoms with Crippen LogP contribution < -0.4 is 9.47 Å². The Balaban J connectivity index is 1.75. The second-order valence-electron chi connectivity index (χ2n) is 9.98. The summed E-state index contributed by atoms with van der Waals surface area (Å²) in [5, 5.41) is 9.83. The number of amides is 1. The van der Waals surface area contributed by atoms with Crippen LogP contribution in [0.3, 0.4) is 0 Å². The van der Waals surface area contributed by atoms with Crippen LogP contribution in [0, 0.1) is 11.8 Å². The van der Waals surface area contributed by atoms with Crippen molar-refractivity contribution in [3.05, 3.63) is 42.5 Å². The zero-order chi connectivity index (χ0) is 26.0. The van der Waals surface area contributed by atoms with Crippen molar-refractivity contribution < 1.29 is 27.8 Å². The number of benzene rings is 2. The molecule has 9 heteroatoms. The van der Waals surface area contributed by atoms with E-state index in [-0.39, 0.29) is 41.5 Å². The lowest BCUT2D eigenvalue weighted by molar-refractivity contribution is -0.138. The number of nitrogens with zero attached hydrogens (tertiary/aromatic N) is 2. The minimum Gasteiger partial charge on any atom is -0.497 e. The van der Waals surface area contributed by atoms with Crippen molar-refractivity contribution in [2.75, 3.05) is 33.9 Å². The minimum absolute atomic E-state index is 0.0549. The van der Waals surface area contributed by atoms with Gasteiger partial charge in [-0.2, -0.15) is 4.31 Å². The molecule has 0 bridgehead atoms. The number of ether oxygens (including phenoxy) is 2. The molecule has 196 valence electrons. The topological polar surface area (TPSA) is 96.4 Å². The summed E-state index contributed by atoms with van der Waals surface area (Å²) in [6, 6.07) is 12.0. The van der Waals surface area contributed by atoms with Crippen LogP contribution in [0.25, 0.3) is 11.1 Å². The molecule has 36 heavy (non-hydrogen) atoms. The van der Waals surface area contributed by atoms with Gasteiger partial charge in [-0.3, -0.25) is 4.79 Å². The second-order valence-corrected chi connectivity index (χ2v) is 11.8. The molecule has 0 aromatic heterocycles. The first-order valence-electron chi connectivity index (χ1n) is 12.5. The molecular weight excluding hydrogens is 480 g/mol. The molecule has 0 spiro atoms. The molecule has 1 aliphatic heterocycles. The monoisotopic (exact) mass is 516 g/mol. The lowest BCUT2D eigenvalue weighted by atomic mass is 9.84. The van der Waals surface area contributed by atoms with Crippen LogP contribution in [0.5, 0.6) is 11.5 Å². The van der Waals surface area contributed by atoms with Gasteiger partial charge in [0.25, 0.3) is 0 Å². The van der Waals surface area contributed by atoms with E-state index < -0.39 is 22.2 Å². The van der Waals surface area contributed by atoms with Crippen molar-refractivity contribution in [2.24, 2.45) is 11.8 Å². The molecule has 1 fully saturated rings. The molecule has 0 saturated heterocycles. The van der Waals surface area contributed by atoms with E-state index in [0.29, 0.717) is 12.3 Å². The molecule has 1 aliphatic carbocycles. The van der Waals surface area contributed by atoms with Gasteiger partial charge >= 0.3 is 0 Å². The van der Waals surface area contributed by atoms with E-state index in [1.807, 2.05) is 31.2 Å². The van der Waals surface area contributed by atoms with E-state index in [2.05, 4.69) is 0 Å². The van der Waals surface area contributed by atoms with Crippen molar-refractivity contribution in [3.8, 4) is 22.6 Å². The Kier molecular flexibility index (Phi) is 7.92. The summed E-state index contributed by atoms with van der Waals surface area (Å²) in [5.41, 5.74) is 1.65. The Morgan fingerprint density at radius 1 is 1.22 bits per heavy atom. The Morgan fingerprint density at radius 3 is 2.58 bits per heavy atom. The number of rotatable bonds is 7. The quantitative estimate of drug-likeness (QED) is 0.606. The van der Waals surface area contributed by atoms with Gasteiger partial charge in [0.2, 0.25) is 15.9 Å². The summed E-state index contributed by atoms with van der Waals surface area (Å²) in [6.07, 6.45) is 2.48. The third-order valence-electron chi connectivity index (χ3n) is 7.35. The number of hydrogen-bond donors (Lipinski definition) is 1. The highest BCUT2D eigenvalue weighted by molar-refractivity contribution is 7.89. The maximum atomic E-state index is 13.7. The Hall–Kier alpha value is -2.62. The van der Waals surface area contributed by atoms with Gasteiger partial charge in [-0.1, -0.05) is 31.5 Å². The molecule has 2 aromatic rings. The molecule has 1 saturated carbocycles. The molecule has 1 N–H and O–H groups in total. The van der Waals surface area contributed by atoms with Gasteiger partial charge in [-0.25, -0.2) is 8.42 Å². The summed E-state index contributed by atoms with van der Waals surface area (Å²) in [4.78, 5) is 14.6. The SMILES string of the molecule is COc1cccc(-c2ccc3c(c2)O[C@@H](CN(C)C(=O)C2CCC2)[C@H](C)CN([C@H](C)CO)S3(=O)=O)c1. The highest BCUT2D eigenvalue weighted by atomic mass is 32.2. The maximum Gasteiger partial charge on any atom is 0.247 e. The number of likely N-dealkylation sites (N-methyl/N-ethyl adjacent to an activating group) is 1. The van der Waals surface area contributed by atoms with Crippen LogP contribution in [0.15, 0.2) is 47.4 Å². The Labute approximate surface area is 213 Å². The molecular formula is C27H36N2O6S. The average Bonchev–Trinajstić information content (AvgIpc) is 2.84. The summed E-state index contributed by atoms with van der Waals surface area (Å²) in [5.74, 6) is 0.888. The molecule has 1 heterocycles. The van der Waals surface area contributed by atoms with Crippen molar-refractivity contribution >= 4 is 15.9 Å². The molecule has 4 rings (SSSR count). The molecule has 8 nitrogen and oxygen atoms in total. The highest BCUT2D eigenvalue weighted by Crippen LogP contribution is 2.37. The van der Waals surface area contributed by atoms with Gasteiger partial charge < -0.3 is 19.5 Å². The Morgan fingerprint density at radius 2 is 1.94 bits per heavy atom. The fourth-order valence-corrected chi connectivity index (χ4v) is 6.58. The van der Waals surface area contributed by atoms with Gasteiger partial charge in [0, 0.05) is 31.5 Å². The van der Waals surface area contributed by atoms with Gasteiger partial charge in [0.1, 0.15) is 22.5 Å². The number of carbonyl (C=O) groups excluding carboxylic acids is 1. The first-order valence-corrected chi connectivity index (χ1v) is 13.9. The highest BCUT2D eigenvalue weighted by Gasteiger charge is 2.39. The van der Waals surface area contributed by atoms with Crippen molar-refractivity contribution in [3.63, 3.8) is 0 Å². The van der Waals surface area contributed by atoms with Gasteiger partial charge in [-0.15, -0.1) is 0 Å². The fourth-order valence-electron chi connectivity index (χ4n) is 4.75. The smallest absolute Gasteiger partial charge is 0.247 e. The third kappa shape index (κ3) is 5.23. The van der Waals surface area contributed by atoms with Gasteiger partial charge in [0.15, 0.2) is 0 Å². The summed E-state index contributed by atoms with van der Waals surface area (Å²) in [7, 11) is -0.550. The zero-order valence-corrected chi connectivity index (χ0v) is 22.2. The number of methoxy groups -OCH3 is 1. The summed E-state index contributed by atoms with van der Waals surface area (Å²) >= 11 is 0. The lowest BCUT2D eigenvalue weighted by Gasteiger charge is -2.38. The van der Waals surface area contributed by atoms with Crippen LogP contribution in [0.1, 0.15) is 33.1 Å². The number of carbonyl (C=O) groups is 1. The Bertz CT molecular complexity index is 1200. The van der Waals surface area contributed by atoms with E-state index in [1.54, 1.807) is 44.2 Å². The van der Waals surface area contributed by atoms with E-state index >= 15 is 0 Å². The van der Waals surface area contributed by atoms with Crippen LogP contribution in [0.2, 0.25) is 0 Å². The number of hydrogen-bond acceptors (Lipinski definition) is 6. The van der Waals surface area contributed by atoms with Crippen LogP contribution in [-0.2, 0) is 14.8 Å². The standard InChI is InChI=1S/C27H36N2O6S/c1-18-15-29(19(2)17-30)36(32,33)26-12-11-22(21-9-6-10-23(13-21)34-4)14-24(26)35-25(18)16-28(3)27(31)20-7-5-8-20/h6,9-14,18-20,25,30H,5,7-8,15-17H2,1-4H3/t18-,19-,25+/m1/s1. The predicted molar refractivity (Wildman–Crippen MR) is 137 cm³/mol. The first-order chi connectivity index (χ1) is 17.1. The average molecular weight is 517 g/mol. The number of aliphatic hydroxyl groups is 1. The minimum atomic E-state index is -3.93. The predicted octanol–water partition coefficient (Wildman–Crippen LogP) is 3.39. The number of sulfonamides is 1. The largest absolute Gasteiger partial charge is 0.497 e. The number of fused-ring (bicyclic) bond motifs is 1. The lowest BCUT2D eigenvalue weighted by Crippen LogP contribution is -2.50. The van der Waals surface area contributed by atoms with Crippen LogP contribution in [-0.4, -0.2) is 74.6 Å².